The van der Waals surface area contributed by atoms with Gasteiger partial charge in [-0.15, -0.1) is 0 Å². The Morgan fingerprint density at radius 1 is 1.15 bits per heavy atom. The summed E-state index contributed by atoms with van der Waals surface area (Å²) in [6.07, 6.45) is 4.64. The second-order valence-corrected chi connectivity index (χ2v) is 7.08. The molecule has 2 saturated carbocycles. The SMILES string of the molecule is CC(C)(C)N(CCC(=O)O)C(=O)N(CC1CC1)C1CC1. The number of aliphatic carboxylic acids is 1. The first-order valence-electron chi connectivity index (χ1n) is 7.59. The van der Waals surface area contributed by atoms with Crippen LogP contribution in [0.5, 0.6) is 0 Å². The quantitative estimate of drug-likeness (QED) is 0.814. The van der Waals surface area contributed by atoms with Crippen molar-refractivity contribution in [1.82, 2.24) is 9.80 Å². The zero-order chi connectivity index (χ0) is 14.9. The van der Waals surface area contributed by atoms with Crippen molar-refractivity contribution >= 4 is 12.0 Å². The van der Waals surface area contributed by atoms with Crippen LogP contribution in [0.25, 0.3) is 0 Å². The molecule has 0 aliphatic heterocycles. The Hall–Kier alpha value is -1.26. The molecule has 1 N–H and O–H groups in total. The van der Waals surface area contributed by atoms with Crippen LogP contribution in [0.15, 0.2) is 0 Å². The van der Waals surface area contributed by atoms with Gasteiger partial charge in [-0.3, -0.25) is 4.79 Å². The molecule has 0 aromatic rings. The van der Waals surface area contributed by atoms with Gasteiger partial charge in [0, 0.05) is 24.7 Å². The maximum atomic E-state index is 12.8. The Kier molecular flexibility index (Phi) is 4.25. The van der Waals surface area contributed by atoms with Crippen molar-refractivity contribution in [1.29, 1.82) is 0 Å². The van der Waals surface area contributed by atoms with Crippen LogP contribution < -0.4 is 0 Å². The van der Waals surface area contributed by atoms with Gasteiger partial charge in [-0.2, -0.15) is 0 Å². The van der Waals surface area contributed by atoms with E-state index in [1.807, 2.05) is 25.7 Å². The van der Waals surface area contributed by atoms with Crippen molar-refractivity contribution in [2.75, 3.05) is 13.1 Å². The summed E-state index contributed by atoms with van der Waals surface area (Å²) in [6, 6.07) is 0.408. The van der Waals surface area contributed by atoms with Crippen LogP contribution in [-0.2, 0) is 4.79 Å². The molecular weight excluding hydrogens is 256 g/mol. The van der Waals surface area contributed by atoms with Crippen LogP contribution in [0.1, 0.15) is 52.9 Å². The summed E-state index contributed by atoms with van der Waals surface area (Å²) < 4.78 is 0. The van der Waals surface area contributed by atoms with Gasteiger partial charge in [-0.25, -0.2) is 4.79 Å². The van der Waals surface area contributed by atoms with E-state index in [-0.39, 0.29) is 24.5 Å². The number of carbonyl (C=O) groups excluding carboxylic acids is 1. The minimum Gasteiger partial charge on any atom is -0.481 e. The number of rotatable bonds is 6. The summed E-state index contributed by atoms with van der Waals surface area (Å²) in [5.41, 5.74) is -0.344. The number of urea groups is 1. The predicted molar refractivity (Wildman–Crippen MR) is 76.6 cm³/mol. The van der Waals surface area contributed by atoms with E-state index in [9.17, 15) is 9.59 Å². The van der Waals surface area contributed by atoms with Gasteiger partial charge in [0.05, 0.1) is 6.42 Å². The molecule has 0 heterocycles. The van der Waals surface area contributed by atoms with E-state index in [2.05, 4.69) is 0 Å². The fraction of sp³-hybridized carbons (Fsp3) is 0.867. The maximum Gasteiger partial charge on any atom is 0.320 e. The number of nitrogens with zero attached hydrogens (tertiary/aromatic N) is 2. The number of carboxylic acid groups (broad SMARTS) is 1. The van der Waals surface area contributed by atoms with Crippen LogP contribution in [-0.4, -0.2) is 51.6 Å². The third kappa shape index (κ3) is 4.12. The first-order valence-corrected chi connectivity index (χ1v) is 7.59. The lowest BCUT2D eigenvalue weighted by Gasteiger charge is -2.39. The van der Waals surface area contributed by atoms with Gasteiger partial charge in [0.25, 0.3) is 0 Å². The standard InChI is InChI=1S/C15H26N2O3/c1-15(2,3)17(9-8-13(18)19)14(20)16(12-6-7-12)10-11-4-5-11/h11-12H,4-10H2,1-3H3,(H,18,19). The normalized spacial score (nSPS) is 18.8. The molecule has 2 fully saturated rings. The molecule has 5 nitrogen and oxygen atoms in total. The molecule has 0 unspecified atom stereocenters. The Morgan fingerprint density at radius 2 is 1.75 bits per heavy atom. The summed E-state index contributed by atoms with van der Waals surface area (Å²) >= 11 is 0. The molecule has 2 aliphatic rings. The fourth-order valence-corrected chi connectivity index (χ4v) is 2.43. The third-order valence-electron chi connectivity index (χ3n) is 3.98. The van der Waals surface area contributed by atoms with Gasteiger partial charge in [-0.1, -0.05) is 0 Å². The van der Waals surface area contributed by atoms with Crippen LogP contribution in [0.3, 0.4) is 0 Å². The Balaban J connectivity index is 2.04. The van der Waals surface area contributed by atoms with Crippen molar-refractivity contribution in [2.45, 2.75) is 64.5 Å². The highest BCUT2D eigenvalue weighted by atomic mass is 16.4. The molecule has 0 aromatic carbocycles. The molecule has 0 radical (unpaired) electrons. The highest BCUT2D eigenvalue weighted by molar-refractivity contribution is 5.77. The number of carbonyl (C=O) groups is 2. The van der Waals surface area contributed by atoms with E-state index in [1.165, 1.54) is 12.8 Å². The Bertz CT molecular complexity index is 381. The van der Waals surface area contributed by atoms with E-state index in [0.29, 0.717) is 12.0 Å². The highest BCUT2D eigenvalue weighted by Gasteiger charge is 2.40. The maximum absolute atomic E-state index is 12.8. The van der Waals surface area contributed by atoms with Gasteiger partial charge >= 0.3 is 12.0 Å². The fourth-order valence-electron chi connectivity index (χ4n) is 2.43. The van der Waals surface area contributed by atoms with Gasteiger partial charge in [0.1, 0.15) is 0 Å². The average molecular weight is 282 g/mol. The van der Waals surface area contributed by atoms with E-state index >= 15 is 0 Å². The second kappa shape index (κ2) is 5.62. The van der Waals surface area contributed by atoms with Crippen LogP contribution in [0.2, 0.25) is 0 Å². The lowest BCUT2D eigenvalue weighted by molar-refractivity contribution is -0.137. The second-order valence-electron chi connectivity index (χ2n) is 7.08. The summed E-state index contributed by atoms with van der Waals surface area (Å²) in [5, 5.41) is 8.87. The van der Waals surface area contributed by atoms with Crippen LogP contribution in [0.4, 0.5) is 4.79 Å². The molecule has 2 amide bonds. The Morgan fingerprint density at radius 3 is 2.15 bits per heavy atom. The summed E-state index contributed by atoms with van der Waals surface area (Å²) in [5.74, 6) is -0.187. The highest BCUT2D eigenvalue weighted by Crippen LogP contribution is 2.36. The van der Waals surface area contributed by atoms with Gasteiger partial charge in [0.2, 0.25) is 0 Å². The van der Waals surface area contributed by atoms with E-state index in [0.717, 1.165) is 19.4 Å². The van der Waals surface area contributed by atoms with Crippen LogP contribution >= 0.6 is 0 Å². The van der Waals surface area contributed by atoms with Crippen molar-refractivity contribution in [2.24, 2.45) is 5.92 Å². The number of amides is 2. The average Bonchev–Trinajstić information content (AvgIpc) is 3.16. The molecule has 2 aliphatic carbocycles. The van der Waals surface area contributed by atoms with Crippen LogP contribution in [0, 0.1) is 5.92 Å². The minimum absolute atomic E-state index is 0.00491. The Labute approximate surface area is 120 Å². The number of hydrogen-bond acceptors (Lipinski definition) is 2. The molecular formula is C15H26N2O3. The number of carboxylic acids is 1. The monoisotopic (exact) mass is 282 g/mol. The first kappa shape index (κ1) is 15.1. The van der Waals surface area contributed by atoms with E-state index < -0.39 is 5.97 Å². The molecule has 0 spiro atoms. The van der Waals surface area contributed by atoms with Crippen molar-refractivity contribution in [3.8, 4) is 0 Å². The molecule has 0 aromatic heterocycles. The zero-order valence-electron chi connectivity index (χ0n) is 12.8. The predicted octanol–water partition coefficient (Wildman–Crippen LogP) is 2.56. The molecule has 0 bridgehead atoms. The van der Waals surface area contributed by atoms with Crippen molar-refractivity contribution < 1.29 is 14.7 Å². The van der Waals surface area contributed by atoms with E-state index in [4.69, 9.17) is 5.11 Å². The van der Waals surface area contributed by atoms with Crippen molar-refractivity contribution in [3.63, 3.8) is 0 Å². The summed E-state index contributed by atoms with van der Waals surface area (Å²) in [7, 11) is 0. The molecule has 0 saturated heterocycles. The van der Waals surface area contributed by atoms with Gasteiger partial charge in [-0.05, 0) is 52.4 Å². The molecule has 20 heavy (non-hydrogen) atoms. The van der Waals surface area contributed by atoms with Crippen molar-refractivity contribution in [3.05, 3.63) is 0 Å². The first-order chi connectivity index (χ1) is 9.29. The number of hydrogen-bond donors (Lipinski definition) is 1. The lowest BCUT2D eigenvalue weighted by atomic mass is 10.1. The lowest BCUT2D eigenvalue weighted by Crippen LogP contribution is -2.53. The van der Waals surface area contributed by atoms with Gasteiger partial charge in [0.15, 0.2) is 0 Å². The smallest absolute Gasteiger partial charge is 0.320 e. The molecule has 2 rings (SSSR count). The van der Waals surface area contributed by atoms with E-state index in [1.54, 1.807) is 4.90 Å². The minimum atomic E-state index is -0.854. The molecule has 0 atom stereocenters. The van der Waals surface area contributed by atoms with Gasteiger partial charge < -0.3 is 14.9 Å². The third-order valence-corrected chi connectivity index (χ3v) is 3.98. The zero-order valence-corrected chi connectivity index (χ0v) is 12.8. The summed E-state index contributed by atoms with van der Waals surface area (Å²) in [6.45, 7) is 7.04. The largest absolute Gasteiger partial charge is 0.481 e. The molecule has 114 valence electrons. The summed E-state index contributed by atoms with van der Waals surface area (Å²) in [4.78, 5) is 27.3. The topological polar surface area (TPSA) is 60.9 Å². The molecule has 5 heteroatoms.